The Morgan fingerprint density at radius 3 is 2.29 bits per heavy atom. The van der Waals surface area contributed by atoms with Gasteiger partial charge in [0.05, 0.1) is 21.3 Å². The molecule has 1 heterocycles. The number of rotatable bonds is 2. The van der Waals surface area contributed by atoms with Gasteiger partial charge in [-0.1, -0.05) is 29.3 Å². The largest absolute Gasteiger partial charge is 0.476 e. The lowest BCUT2D eigenvalue weighted by Crippen LogP contribution is -2.05. The van der Waals surface area contributed by atoms with E-state index < -0.39 is 23.4 Å². The fourth-order valence-electron chi connectivity index (χ4n) is 1.64. The highest BCUT2D eigenvalue weighted by Gasteiger charge is 2.31. The van der Waals surface area contributed by atoms with Crippen molar-refractivity contribution in [3.63, 3.8) is 0 Å². The van der Waals surface area contributed by atoms with Gasteiger partial charge in [-0.15, -0.1) is 0 Å². The molecule has 0 fully saturated rings. The van der Waals surface area contributed by atoms with Crippen molar-refractivity contribution in [1.29, 1.82) is 0 Å². The van der Waals surface area contributed by atoms with Crippen LogP contribution in [0.1, 0.15) is 16.1 Å². The second-order valence-corrected chi connectivity index (χ2v) is 4.84. The van der Waals surface area contributed by atoms with Crippen LogP contribution in [0, 0.1) is 0 Å². The van der Waals surface area contributed by atoms with E-state index in [0.717, 1.165) is 18.2 Å². The number of carboxylic acid groups (broad SMARTS) is 1. The highest BCUT2D eigenvalue weighted by molar-refractivity contribution is 6.34. The Morgan fingerprint density at radius 1 is 1.10 bits per heavy atom. The molecule has 0 bridgehead atoms. The Kier molecular flexibility index (Phi) is 4.11. The molecule has 0 saturated heterocycles. The van der Waals surface area contributed by atoms with Crippen molar-refractivity contribution < 1.29 is 23.1 Å². The zero-order valence-corrected chi connectivity index (χ0v) is 11.6. The van der Waals surface area contributed by atoms with Gasteiger partial charge in [0.1, 0.15) is 0 Å². The maximum absolute atomic E-state index is 12.6. The Morgan fingerprint density at radius 2 is 1.76 bits per heavy atom. The van der Waals surface area contributed by atoms with Crippen LogP contribution in [-0.2, 0) is 6.18 Å². The van der Waals surface area contributed by atoms with Crippen molar-refractivity contribution in [2.45, 2.75) is 6.18 Å². The summed E-state index contributed by atoms with van der Waals surface area (Å²) in [6.45, 7) is 0. The third-order valence-electron chi connectivity index (χ3n) is 2.62. The molecule has 21 heavy (non-hydrogen) atoms. The normalized spacial score (nSPS) is 11.5. The van der Waals surface area contributed by atoms with E-state index in [1.807, 2.05) is 0 Å². The van der Waals surface area contributed by atoms with Crippen molar-refractivity contribution in [2.75, 3.05) is 0 Å². The molecule has 0 amide bonds. The molecule has 3 nitrogen and oxygen atoms in total. The number of halogens is 5. The number of aromatic nitrogens is 1. The monoisotopic (exact) mass is 335 g/mol. The Hall–Kier alpha value is -1.79. The molecular weight excluding hydrogens is 330 g/mol. The van der Waals surface area contributed by atoms with E-state index in [2.05, 4.69) is 4.98 Å². The lowest BCUT2D eigenvalue weighted by Gasteiger charge is -2.10. The number of carbonyl (C=O) groups is 1. The molecule has 2 rings (SSSR count). The van der Waals surface area contributed by atoms with Gasteiger partial charge < -0.3 is 5.11 Å². The van der Waals surface area contributed by atoms with Crippen LogP contribution >= 0.6 is 23.2 Å². The van der Waals surface area contributed by atoms with Gasteiger partial charge in [-0.05, 0) is 24.3 Å². The standard InChI is InChI=1S/C13H6Cl2F3NO2/c14-8-3-4-10(19-11(8)12(20)21)7-2-1-6(5-9(7)15)13(16,17)18/h1-5H,(H,20,21). The van der Waals surface area contributed by atoms with Gasteiger partial charge in [0, 0.05) is 5.56 Å². The van der Waals surface area contributed by atoms with Crippen molar-refractivity contribution in [3.8, 4) is 11.3 Å². The average molecular weight is 336 g/mol. The number of pyridine rings is 1. The summed E-state index contributed by atoms with van der Waals surface area (Å²) in [6.07, 6.45) is -4.51. The first-order chi connectivity index (χ1) is 9.70. The molecule has 0 saturated carbocycles. The van der Waals surface area contributed by atoms with Crippen LogP contribution in [-0.4, -0.2) is 16.1 Å². The van der Waals surface area contributed by atoms with E-state index in [9.17, 15) is 18.0 Å². The average Bonchev–Trinajstić information content (AvgIpc) is 2.38. The molecule has 0 unspecified atom stereocenters. The maximum atomic E-state index is 12.6. The van der Waals surface area contributed by atoms with Crippen molar-refractivity contribution in [3.05, 3.63) is 51.6 Å². The van der Waals surface area contributed by atoms with E-state index in [1.165, 1.54) is 12.1 Å². The van der Waals surface area contributed by atoms with E-state index in [1.54, 1.807) is 0 Å². The SMILES string of the molecule is O=C(O)c1nc(-c2ccc(C(F)(F)F)cc2Cl)ccc1Cl. The molecule has 0 radical (unpaired) electrons. The molecule has 1 N–H and O–H groups in total. The summed E-state index contributed by atoms with van der Waals surface area (Å²) in [7, 11) is 0. The molecular formula is C13H6Cl2F3NO2. The van der Waals surface area contributed by atoms with Crippen LogP contribution < -0.4 is 0 Å². The number of nitrogens with zero attached hydrogens (tertiary/aromatic N) is 1. The first kappa shape index (κ1) is 15.6. The van der Waals surface area contributed by atoms with Crippen LogP contribution in [0.5, 0.6) is 0 Å². The van der Waals surface area contributed by atoms with Gasteiger partial charge in [0.2, 0.25) is 0 Å². The zero-order chi connectivity index (χ0) is 15.8. The molecule has 0 aliphatic heterocycles. The van der Waals surface area contributed by atoms with Gasteiger partial charge in [0.25, 0.3) is 0 Å². The minimum Gasteiger partial charge on any atom is -0.476 e. The predicted octanol–water partition coefficient (Wildman–Crippen LogP) is 4.77. The van der Waals surface area contributed by atoms with Crippen molar-refractivity contribution in [2.24, 2.45) is 0 Å². The Balaban J connectivity index is 2.53. The number of alkyl halides is 3. The molecule has 0 aliphatic rings. The summed E-state index contributed by atoms with van der Waals surface area (Å²) >= 11 is 11.5. The second kappa shape index (κ2) is 5.54. The number of hydrogen-bond acceptors (Lipinski definition) is 2. The molecule has 1 aromatic heterocycles. The topological polar surface area (TPSA) is 50.2 Å². The highest BCUT2D eigenvalue weighted by Crippen LogP contribution is 2.35. The summed E-state index contributed by atoms with van der Waals surface area (Å²) < 4.78 is 37.7. The molecule has 8 heteroatoms. The lowest BCUT2D eigenvalue weighted by atomic mass is 10.1. The molecule has 2 aromatic rings. The summed E-state index contributed by atoms with van der Waals surface area (Å²) in [5.41, 5.74) is -0.992. The summed E-state index contributed by atoms with van der Waals surface area (Å²) in [5.74, 6) is -1.34. The number of benzene rings is 1. The minimum atomic E-state index is -4.51. The summed E-state index contributed by atoms with van der Waals surface area (Å²) in [6, 6.07) is 5.41. The van der Waals surface area contributed by atoms with E-state index >= 15 is 0 Å². The molecule has 0 atom stereocenters. The molecule has 0 spiro atoms. The number of aromatic carboxylic acids is 1. The van der Waals surface area contributed by atoms with Gasteiger partial charge in [-0.3, -0.25) is 0 Å². The van der Waals surface area contributed by atoms with Gasteiger partial charge in [0.15, 0.2) is 5.69 Å². The van der Waals surface area contributed by atoms with Gasteiger partial charge in [-0.25, -0.2) is 9.78 Å². The van der Waals surface area contributed by atoms with Crippen LogP contribution in [0.3, 0.4) is 0 Å². The van der Waals surface area contributed by atoms with Crippen LogP contribution in [0.2, 0.25) is 10.0 Å². The quantitative estimate of drug-likeness (QED) is 0.859. The molecule has 110 valence electrons. The first-order valence-electron chi connectivity index (χ1n) is 5.47. The molecule has 1 aromatic carbocycles. The highest BCUT2D eigenvalue weighted by atomic mass is 35.5. The lowest BCUT2D eigenvalue weighted by molar-refractivity contribution is -0.137. The zero-order valence-electron chi connectivity index (χ0n) is 10.1. The van der Waals surface area contributed by atoms with Crippen LogP contribution in [0.15, 0.2) is 30.3 Å². The number of carboxylic acids is 1. The predicted molar refractivity (Wildman–Crippen MR) is 71.7 cm³/mol. The van der Waals surface area contributed by atoms with Gasteiger partial charge in [-0.2, -0.15) is 13.2 Å². The second-order valence-electron chi connectivity index (χ2n) is 4.02. The minimum absolute atomic E-state index is 0.0747. The Labute approximate surface area is 126 Å². The van der Waals surface area contributed by atoms with Crippen molar-refractivity contribution in [1.82, 2.24) is 4.98 Å². The molecule has 0 aliphatic carbocycles. The van der Waals surface area contributed by atoms with Crippen molar-refractivity contribution >= 4 is 29.2 Å². The Bertz CT molecular complexity index is 717. The van der Waals surface area contributed by atoms with Gasteiger partial charge >= 0.3 is 12.1 Å². The van der Waals surface area contributed by atoms with Crippen LogP contribution in [0.4, 0.5) is 13.2 Å². The van der Waals surface area contributed by atoms with E-state index in [0.29, 0.717) is 0 Å². The number of hydrogen-bond donors (Lipinski definition) is 1. The summed E-state index contributed by atoms with van der Waals surface area (Å²) in [5, 5.41) is 8.67. The fraction of sp³-hybridized carbons (Fsp3) is 0.0769. The van der Waals surface area contributed by atoms with E-state index in [-0.39, 0.29) is 21.3 Å². The maximum Gasteiger partial charge on any atom is 0.416 e. The summed E-state index contributed by atoms with van der Waals surface area (Å²) in [4.78, 5) is 14.7. The van der Waals surface area contributed by atoms with E-state index in [4.69, 9.17) is 28.3 Å². The third-order valence-corrected chi connectivity index (χ3v) is 3.24. The third kappa shape index (κ3) is 3.28. The smallest absolute Gasteiger partial charge is 0.416 e. The fourth-order valence-corrected chi connectivity index (χ4v) is 2.10. The first-order valence-corrected chi connectivity index (χ1v) is 6.22. The van der Waals surface area contributed by atoms with Crippen LogP contribution in [0.25, 0.3) is 11.3 Å².